The molecule has 0 aliphatic heterocycles. The average molecular weight is 165 g/mol. The molecule has 0 fully saturated rings. The van der Waals surface area contributed by atoms with Gasteiger partial charge in [0.15, 0.2) is 0 Å². The van der Waals surface area contributed by atoms with Crippen LogP contribution in [0.2, 0.25) is 0 Å². The standard InChI is InChI=1S/C10H13O2/c1-4-12-10-7-5-6-9(11-3)8(10)2/h5-7H,2,4H2,1,3H3. The molecule has 0 aliphatic carbocycles. The maximum Gasteiger partial charge on any atom is 0.126 e. The lowest BCUT2D eigenvalue weighted by molar-refractivity contribution is 0.334. The smallest absolute Gasteiger partial charge is 0.126 e. The van der Waals surface area contributed by atoms with E-state index >= 15 is 0 Å². The number of hydrogen-bond donors (Lipinski definition) is 0. The molecule has 1 aromatic carbocycles. The Labute approximate surface area is 73.1 Å². The molecule has 0 aliphatic rings. The number of ether oxygens (including phenoxy) is 2. The average Bonchev–Trinajstić information content (AvgIpc) is 2.09. The van der Waals surface area contributed by atoms with E-state index in [0.29, 0.717) is 6.61 Å². The van der Waals surface area contributed by atoms with Crippen LogP contribution in [0, 0.1) is 6.92 Å². The van der Waals surface area contributed by atoms with Crippen molar-refractivity contribution in [2.45, 2.75) is 6.92 Å². The number of benzene rings is 1. The van der Waals surface area contributed by atoms with Crippen molar-refractivity contribution in [3.8, 4) is 11.5 Å². The molecule has 0 amide bonds. The van der Waals surface area contributed by atoms with Crippen LogP contribution in [0.3, 0.4) is 0 Å². The molecule has 65 valence electrons. The van der Waals surface area contributed by atoms with Crippen molar-refractivity contribution in [1.82, 2.24) is 0 Å². The molecule has 0 aromatic heterocycles. The summed E-state index contributed by atoms with van der Waals surface area (Å²) in [7, 11) is 1.62. The van der Waals surface area contributed by atoms with Crippen LogP contribution in [0.25, 0.3) is 0 Å². The zero-order chi connectivity index (χ0) is 8.97. The maximum absolute atomic E-state index is 5.34. The van der Waals surface area contributed by atoms with E-state index in [2.05, 4.69) is 6.92 Å². The first-order chi connectivity index (χ1) is 5.79. The number of methoxy groups -OCH3 is 1. The normalized spacial score (nSPS) is 9.58. The predicted molar refractivity (Wildman–Crippen MR) is 48.6 cm³/mol. The van der Waals surface area contributed by atoms with E-state index in [1.807, 2.05) is 25.1 Å². The molecule has 12 heavy (non-hydrogen) atoms. The van der Waals surface area contributed by atoms with Crippen molar-refractivity contribution >= 4 is 0 Å². The highest BCUT2D eigenvalue weighted by atomic mass is 16.5. The molecular formula is C10H13O2. The summed E-state index contributed by atoms with van der Waals surface area (Å²) in [4.78, 5) is 0. The minimum Gasteiger partial charge on any atom is -0.496 e. The van der Waals surface area contributed by atoms with E-state index in [4.69, 9.17) is 9.47 Å². The minimum absolute atomic E-state index is 0.648. The molecule has 0 saturated heterocycles. The molecule has 0 spiro atoms. The third-order valence-electron chi connectivity index (χ3n) is 1.61. The fourth-order valence-corrected chi connectivity index (χ4v) is 1.03. The van der Waals surface area contributed by atoms with Crippen LogP contribution < -0.4 is 9.47 Å². The fraction of sp³-hybridized carbons (Fsp3) is 0.300. The van der Waals surface area contributed by atoms with Crippen LogP contribution >= 0.6 is 0 Å². The lowest BCUT2D eigenvalue weighted by atomic mass is 10.2. The summed E-state index contributed by atoms with van der Waals surface area (Å²) >= 11 is 0. The van der Waals surface area contributed by atoms with Crippen LogP contribution in [0.1, 0.15) is 12.5 Å². The van der Waals surface area contributed by atoms with E-state index < -0.39 is 0 Å². The quantitative estimate of drug-likeness (QED) is 0.684. The van der Waals surface area contributed by atoms with Gasteiger partial charge >= 0.3 is 0 Å². The second-order valence-electron chi connectivity index (χ2n) is 2.37. The SMILES string of the molecule is [CH2]c1c(OC)cccc1OCC. The van der Waals surface area contributed by atoms with Crippen molar-refractivity contribution < 1.29 is 9.47 Å². The molecule has 1 aromatic rings. The minimum atomic E-state index is 0.648. The molecule has 2 heteroatoms. The molecule has 2 nitrogen and oxygen atoms in total. The summed E-state index contributed by atoms with van der Waals surface area (Å²) < 4.78 is 10.4. The summed E-state index contributed by atoms with van der Waals surface area (Å²) in [6.07, 6.45) is 0. The Morgan fingerprint density at radius 3 is 2.58 bits per heavy atom. The Morgan fingerprint density at radius 2 is 2.00 bits per heavy atom. The van der Waals surface area contributed by atoms with Gasteiger partial charge in [0, 0.05) is 5.56 Å². The lowest BCUT2D eigenvalue weighted by Crippen LogP contribution is -1.95. The Kier molecular flexibility index (Phi) is 2.97. The van der Waals surface area contributed by atoms with Gasteiger partial charge in [-0.3, -0.25) is 0 Å². The highest BCUT2D eigenvalue weighted by molar-refractivity contribution is 5.46. The van der Waals surface area contributed by atoms with Gasteiger partial charge in [0.25, 0.3) is 0 Å². The number of rotatable bonds is 3. The van der Waals surface area contributed by atoms with E-state index in [0.717, 1.165) is 17.1 Å². The van der Waals surface area contributed by atoms with E-state index in [-0.39, 0.29) is 0 Å². The van der Waals surface area contributed by atoms with Gasteiger partial charge in [-0.15, -0.1) is 0 Å². The van der Waals surface area contributed by atoms with Crippen molar-refractivity contribution in [2.24, 2.45) is 0 Å². The molecule has 1 radical (unpaired) electrons. The van der Waals surface area contributed by atoms with Crippen molar-refractivity contribution in [2.75, 3.05) is 13.7 Å². The predicted octanol–water partition coefficient (Wildman–Crippen LogP) is 2.28. The third kappa shape index (κ3) is 1.70. The Bertz CT molecular complexity index is 256. The van der Waals surface area contributed by atoms with Crippen molar-refractivity contribution in [3.05, 3.63) is 30.7 Å². The van der Waals surface area contributed by atoms with Gasteiger partial charge in [-0.2, -0.15) is 0 Å². The molecular weight excluding hydrogens is 152 g/mol. The van der Waals surface area contributed by atoms with Crippen LogP contribution in [0.4, 0.5) is 0 Å². The van der Waals surface area contributed by atoms with Gasteiger partial charge in [0.2, 0.25) is 0 Å². The summed E-state index contributed by atoms with van der Waals surface area (Å²) in [6, 6.07) is 5.64. The van der Waals surface area contributed by atoms with Gasteiger partial charge in [-0.05, 0) is 26.0 Å². The van der Waals surface area contributed by atoms with Gasteiger partial charge in [-0.1, -0.05) is 6.07 Å². The Balaban J connectivity index is 2.97. The first kappa shape index (κ1) is 8.91. The first-order valence-electron chi connectivity index (χ1n) is 3.91. The van der Waals surface area contributed by atoms with Gasteiger partial charge < -0.3 is 9.47 Å². The highest BCUT2D eigenvalue weighted by Crippen LogP contribution is 2.26. The van der Waals surface area contributed by atoms with E-state index in [9.17, 15) is 0 Å². The maximum atomic E-state index is 5.34. The third-order valence-corrected chi connectivity index (χ3v) is 1.61. The molecule has 0 unspecified atom stereocenters. The largest absolute Gasteiger partial charge is 0.496 e. The highest BCUT2D eigenvalue weighted by Gasteiger charge is 2.03. The first-order valence-corrected chi connectivity index (χ1v) is 3.91. The van der Waals surface area contributed by atoms with Crippen molar-refractivity contribution in [3.63, 3.8) is 0 Å². The second-order valence-corrected chi connectivity index (χ2v) is 2.37. The van der Waals surface area contributed by atoms with Crippen LogP contribution in [-0.2, 0) is 0 Å². The summed E-state index contributed by atoms with van der Waals surface area (Å²) in [6.45, 7) is 6.45. The summed E-state index contributed by atoms with van der Waals surface area (Å²) in [5, 5.41) is 0. The monoisotopic (exact) mass is 165 g/mol. The Morgan fingerprint density at radius 1 is 1.33 bits per heavy atom. The van der Waals surface area contributed by atoms with Crippen LogP contribution in [-0.4, -0.2) is 13.7 Å². The number of hydrogen-bond acceptors (Lipinski definition) is 2. The van der Waals surface area contributed by atoms with E-state index in [1.165, 1.54) is 0 Å². The Hall–Kier alpha value is -1.18. The summed E-state index contributed by atoms with van der Waals surface area (Å²) in [5.74, 6) is 1.55. The summed E-state index contributed by atoms with van der Waals surface area (Å²) in [5.41, 5.74) is 0.807. The molecule has 0 bridgehead atoms. The van der Waals surface area contributed by atoms with Crippen molar-refractivity contribution in [1.29, 1.82) is 0 Å². The van der Waals surface area contributed by atoms with Gasteiger partial charge in [0.05, 0.1) is 13.7 Å². The zero-order valence-electron chi connectivity index (χ0n) is 7.46. The van der Waals surface area contributed by atoms with E-state index in [1.54, 1.807) is 7.11 Å². The van der Waals surface area contributed by atoms with Crippen LogP contribution in [0.5, 0.6) is 11.5 Å². The van der Waals surface area contributed by atoms with Gasteiger partial charge in [-0.25, -0.2) is 0 Å². The second kappa shape index (κ2) is 4.00. The fourth-order valence-electron chi connectivity index (χ4n) is 1.03. The molecule has 0 N–H and O–H groups in total. The molecule has 0 heterocycles. The molecule has 0 atom stereocenters. The lowest BCUT2D eigenvalue weighted by Gasteiger charge is -2.09. The van der Waals surface area contributed by atoms with Crippen LogP contribution in [0.15, 0.2) is 18.2 Å². The zero-order valence-corrected chi connectivity index (χ0v) is 7.46. The molecule has 0 saturated carbocycles. The topological polar surface area (TPSA) is 18.5 Å². The molecule has 1 rings (SSSR count). The van der Waals surface area contributed by atoms with Gasteiger partial charge in [0.1, 0.15) is 11.5 Å².